The van der Waals surface area contributed by atoms with Crippen molar-refractivity contribution in [3.63, 3.8) is 0 Å². The molecule has 0 fully saturated rings. The lowest BCUT2D eigenvalue weighted by Gasteiger charge is -2.18. The van der Waals surface area contributed by atoms with Crippen molar-refractivity contribution in [2.75, 3.05) is 13.7 Å². The monoisotopic (exact) mass is 229 g/mol. The molecule has 1 atom stereocenters. The van der Waals surface area contributed by atoms with Crippen molar-refractivity contribution < 1.29 is 9.84 Å². The van der Waals surface area contributed by atoms with E-state index in [9.17, 15) is 5.11 Å². The number of ether oxygens (including phenoxy) is 1. The normalized spacial score (nSPS) is 12.7. The van der Waals surface area contributed by atoms with Crippen LogP contribution in [0.25, 0.3) is 0 Å². The van der Waals surface area contributed by atoms with E-state index >= 15 is 0 Å². The first kappa shape index (κ1) is 12.3. The van der Waals surface area contributed by atoms with Crippen molar-refractivity contribution >= 4 is 11.6 Å². The fourth-order valence-corrected chi connectivity index (χ4v) is 1.91. The maximum absolute atomic E-state index is 9.77. The third-order valence-corrected chi connectivity index (χ3v) is 2.88. The second-order valence-corrected chi connectivity index (χ2v) is 3.90. The van der Waals surface area contributed by atoms with Crippen LogP contribution in [0.1, 0.15) is 22.8 Å². The highest BCUT2D eigenvalue weighted by molar-refractivity contribution is 6.33. The fourth-order valence-electron chi connectivity index (χ4n) is 1.67. The molecule has 0 saturated heterocycles. The van der Waals surface area contributed by atoms with Crippen LogP contribution in [0.15, 0.2) is 6.07 Å². The van der Waals surface area contributed by atoms with Crippen molar-refractivity contribution in [1.29, 1.82) is 0 Å². The molecule has 0 radical (unpaired) electrons. The third-order valence-electron chi connectivity index (χ3n) is 2.41. The van der Waals surface area contributed by atoms with Gasteiger partial charge < -0.3 is 15.6 Å². The van der Waals surface area contributed by atoms with Gasteiger partial charge in [-0.3, -0.25) is 0 Å². The zero-order valence-electron chi connectivity index (χ0n) is 9.17. The first-order chi connectivity index (χ1) is 7.02. The molecule has 0 aliphatic carbocycles. The summed E-state index contributed by atoms with van der Waals surface area (Å²) in [7, 11) is 1.53. The number of rotatable bonds is 3. The molecule has 0 amide bonds. The Labute approximate surface area is 94.8 Å². The predicted molar refractivity (Wildman–Crippen MR) is 61.5 cm³/mol. The fraction of sp³-hybridized carbons (Fsp3) is 0.455. The second-order valence-electron chi connectivity index (χ2n) is 3.52. The van der Waals surface area contributed by atoms with Crippen LogP contribution in [-0.4, -0.2) is 18.8 Å². The number of aliphatic hydroxyl groups excluding tert-OH is 1. The van der Waals surface area contributed by atoms with Gasteiger partial charge in [-0.2, -0.15) is 0 Å². The van der Waals surface area contributed by atoms with E-state index in [1.54, 1.807) is 0 Å². The van der Waals surface area contributed by atoms with Gasteiger partial charge in [0.05, 0.1) is 18.2 Å². The maximum atomic E-state index is 9.77. The number of aliphatic hydroxyl groups is 1. The number of methoxy groups -OCH3 is 1. The van der Waals surface area contributed by atoms with E-state index in [1.165, 1.54) is 7.11 Å². The zero-order chi connectivity index (χ0) is 11.6. The highest BCUT2D eigenvalue weighted by Crippen LogP contribution is 2.37. The van der Waals surface area contributed by atoms with Crippen LogP contribution in [0.2, 0.25) is 5.02 Å². The smallest absolute Gasteiger partial charge is 0.143 e. The minimum Gasteiger partial charge on any atom is -0.495 e. The Bertz CT molecular complexity index is 366. The van der Waals surface area contributed by atoms with Crippen molar-refractivity contribution in [3.8, 4) is 5.75 Å². The van der Waals surface area contributed by atoms with Gasteiger partial charge in [0, 0.05) is 12.1 Å². The lowest BCUT2D eigenvalue weighted by Crippen LogP contribution is -2.14. The van der Waals surface area contributed by atoms with Gasteiger partial charge in [0.15, 0.2) is 0 Å². The van der Waals surface area contributed by atoms with Crippen LogP contribution in [-0.2, 0) is 0 Å². The number of halogens is 1. The molecule has 1 aromatic carbocycles. The predicted octanol–water partition coefficient (Wildman–Crippen LogP) is 1.96. The van der Waals surface area contributed by atoms with Gasteiger partial charge in [-0.15, -0.1) is 0 Å². The van der Waals surface area contributed by atoms with Crippen molar-refractivity contribution in [2.45, 2.75) is 20.0 Å². The van der Waals surface area contributed by atoms with E-state index in [0.717, 1.165) is 11.1 Å². The first-order valence-corrected chi connectivity index (χ1v) is 5.12. The number of hydrogen-bond acceptors (Lipinski definition) is 3. The largest absolute Gasteiger partial charge is 0.495 e. The lowest BCUT2D eigenvalue weighted by atomic mass is 9.99. The van der Waals surface area contributed by atoms with E-state index in [0.29, 0.717) is 16.3 Å². The van der Waals surface area contributed by atoms with Crippen LogP contribution in [0.3, 0.4) is 0 Å². The molecule has 1 unspecified atom stereocenters. The minimum atomic E-state index is -0.738. The summed E-state index contributed by atoms with van der Waals surface area (Å²) in [5, 5.41) is 10.3. The average molecular weight is 230 g/mol. The third kappa shape index (κ3) is 2.25. The minimum absolute atomic E-state index is 0.149. The molecular weight excluding hydrogens is 214 g/mol. The molecule has 0 aromatic heterocycles. The molecule has 0 saturated carbocycles. The molecular formula is C11H16ClNO2. The highest BCUT2D eigenvalue weighted by Gasteiger charge is 2.19. The van der Waals surface area contributed by atoms with Crippen LogP contribution in [0.4, 0.5) is 0 Å². The molecule has 0 spiro atoms. The SMILES string of the molecule is COc1c(Cl)c(C)cc(C)c1C(O)CN. The summed E-state index contributed by atoms with van der Waals surface area (Å²) in [6, 6.07) is 1.92. The highest BCUT2D eigenvalue weighted by atomic mass is 35.5. The lowest BCUT2D eigenvalue weighted by molar-refractivity contribution is 0.181. The summed E-state index contributed by atoms with van der Waals surface area (Å²) in [5.41, 5.74) is 7.98. The maximum Gasteiger partial charge on any atom is 0.143 e. The molecule has 0 heterocycles. The van der Waals surface area contributed by atoms with E-state index in [2.05, 4.69) is 0 Å². The molecule has 0 aliphatic rings. The standard InChI is InChI=1S/C11H16ClNO2/c1-6-4-7(2)10(12)11(15-3)9(6)8(14)5-13/h4,8,14H,5,13H2,1-3H3. The van der Waals surface area contributed by atoms with Gasteiger partial charge in [0.2, 0.25) is 0 Å². The first-order valence-electron chi connectivity index (χ1n) is 4.74. The summed E-state index contributed by atoms with van der Waals surface area (Å²) in [5.74, 6) is 0.520. The quantitative estimate of drug-likeness (QED) is 0.833. The number of aryl methyl sites for hydroxylation is 2. The van der Waals surface area contributed by atoms with E-state index in [4.69, 9.17) is 22.1 Å². The summed E-state index contributed by atoms with van der Waals surface area (Å²) in [6.45, 7) is 3.95. The summed E-state index contributed by atoms with van der Waals surface area (Å²) in [4.78, 5) is 0. The van der Waals surface area contributed by atoms with Crippen molar-refractivity contribution in [2.24, 2.45) is 5.73 Å². The molecule has 15 heavy (non-hydrogen) atoms. The van der Waals surface area contributed by atoms with E-state index in [-0.39, 0.29) is 6.54 Å². The Morgan fingerprint density at radius 1 is 1.47 bits per heavy atom. The molecule has 4 heteroatoms. The van der Waals surface area contributed by atoms with Crippen LogP contribution < -0.4 is 10.5 Å². The number of benzene rings is 1. The molecule has 3 nitrogen and oxygen atoms in total. The Morgan fingerprint density at radius 2 is 2.07 bits per heavy atom. The zero-order valence-corrected chi connectivity index (χ0v) is 9.93. The molecule has 1 rings (SSSR count). The van der Waals surface area contributed by atoms with Crippen molar-refractivity contribution in [3.05, 3.63) is 27.8 Å². The molecule has 84 valence electrons. The van der Waals surface area contributed by atoms with Crippen molar-refractivity contribution in [1.82, 2.24) is 0 Å². The molecule has 1 aromatic rings. The van der Waals surface area contributed by atoms with Crippen LogP contribution in [0, 0.1) is 13.8 Å². The molecule has 0 bridgehead atoms. The van der Waals surface area contributed by atoms with Gasteiger partial charge in [0.25, 0.3) is 0 Å². The van der Waals surface area contributed by atoms with E-state index < -0.39 is 6.10 Å². The Kier molecular flexibility index (Phi) is 3.97. The number of hydrogen-bond donors (Lipinski definition) is 2. The van der Waals surface area contributed by atoms with Gasteiger partial charge in [-0.25, -0.2) is 0 Å². The second kappa shape index (κ2) is 4.84. The molecule has 0 aliphatic heterocycles. The summed E-state index contributed by atoms with van der Waals surface area (Å²) < 4.78 is 5.21. The van der Waals surface area contributed by atoms with Gasteiger partial charge in [-0.1, -0.05) is 17.7 Å². The Morgan fingerprint density at radius 3 is 2.53 bits per heavy atom. The summed E-state index contributed by atoms with van der Waals surface area (Å²) >= 11 is 6.09. The van der Waals surface area contributed by atoms with Gasteiger partial charge in [0.1, 0.15) is 5.75 Å². The number of nitrogens with two attached hydrogens (primary N) is 1. The Balaban J connectivity index is 3.41. The average Bonchev–Trinajstić information content (AvgIpc) is 2.21. The van der Waals surface area contributed by atoms with E-state index in [1.807, 2.05) is 19.9 Å². The summed E-state index contributed by atoms with van der Waals surface area (Å²) in [6.07, 6.45) is -0.738. The van der Waals surface area contributed by atoms with Gasteiger partial charge in [-0.05, 0) is 25.0 Å². The van der Waals surface area contributed by atoms with Gasteiger partial charge >= 0.3 is 0 Å². The Hall–Kier alpha value is -0.770. The van der Waals surface area contributed by atoms with Crippen LogP contribution >= 0.6 is 11.6 Å². The van der Waals surface area contributed by atoms with Crippen LogP contribution in [0.5, 0.6) is 5.75 Å². The molecule has 3 N–H and O–H groups in total. The topological polar surface area (TPSA) is 55.5 Å².